The average molecular weight is 486 g/mol. The lowest BCUT2D eigenvalue weighted by atomic mass is 9.79. The summed E-state index contributed by atoms with van der Waals surface area (Å²) in [6.07, 6.45) is 0.378. The smallest absolute Gasteiger partial charge is 0.324 e. The van der Waals surface area contributed by atoms with Crippen molar-refractivity contribution < 1.29 is 14.7 Å². The minimum Gasteiger partial charge on any atom is -0.481 e. The van der Waals surface area contributed by atoms with Crippen molar-refractivity contribution in [2.45, 2.75) is 25.3 Å². The molecule has 0 aliphatic heterocycles. The third-order valence-corrected chi connectivity index (χ3v) is 6.81. The van der Waals surface area contributed by atoms with Crippen LogP contribution in [0, 0.1) is 0 Å². The highest BCUT2D eigenvalue weighted by Crippen LogP contribution is 2.40. The minimum absolute atomic E-state index is 0.0374. The van der Waals surface area contributed by atoms with Gasteiger partial charge in [-0.15, -0.1) is 11.3 Å². The molecular formula is C28H27N3O3S. The number of carbonyl (C=O) groups excluding carboxylic acids is 1. The van der Waals surface area contributed by atoms with E-state index in [0.717, 1.165) is 22.4 Å². The van der Waals surface area contributed by atoms with Gasteiger partial charge in [0, 0.05) is 17.5 Å². The third kappa shape index (κ3) is 5.25. The zero-order chi connectivity index (χ0) is 24.7. The Hall–Kier alpha value is -3.97. The summed E-state index contributed by atoms with van der Waals surface area (Å²) in [7, 11) is 0. The second-order valence-corrected chi connectivity index (χ2v) is 8.93. The molecule has 6 nitrogen and oxygen atoms in total. The molecule has 3 aromatic carbocycles. The van der Waals surface area contributed by atoms with E-state index in [1.807, 2.05) is 103 Å². The Labute approximate surface area is 208 Å². The normalized spacial score (nSPS) is 11.1. The summed E-state index contributed by atoms with van der Waals surface area (Å²) < 4.78 is 0. The topological polar surface area (TPSA) is 82.5 Å². The van der Waals surface area contributed by atoms with Gasteiger partial charge >= 0.3 is 12.0 Å². The number of benzene rings is 3. The van der Waals surface area contributed by atoms with Gasteiger partial charge in [0.1, 0.15) is 0 Å². The number of carboxylic acids is 1. The van der Waals surface area contributed by atoms with Gasteiger partial charge in [0.2, 0.25) is 0 Å². The molecule has 7 heteroatoms. The first-order chi connectivity index (χ1) is 17.0. The monoisotopic (exact) mass is 485 g/mol. The predicted octanol–water partition coefficient (Wildman–Crippen LogP) is 6.47. The second-order valence-electron chi connectivity index (χ2n) is 8.08. The standard InChI is InChI=1S/C28H27N3O3S/c1-2-28(22-14-8-4-9-15-22,23-16-10-5-11-17-23)31(19-18-25(32)33)27(34)30-26-29-24(20-35-26)21-12-6-3-7-13-21/h3-17,20H,2,18-19H2,1H3,(H,32,33)(H,29,30,34). The molecule has 35 heavy (non-hydrogen) atoms. The van der Waals surface area contributed by atoms with Crippen molar-refractivity contribution in [1.29, 1.82) is 0 Å². The van der Waals surface area contributed by atoms with Gasteiger partial charge in [-0.05, 0) is 17.5 Å². The number of hydrogen-bond acceptors (Lipinski definition) is 4. The summed E-state index contributed by atoms with van der Waals surface area (Å²) >= 11 is 1.34. The number of aliphatic carboxylic acids is 1. The average Bonchev–Trinajstić information content (AvgIpc) is 3.36. The van der Waals surface area contributed by atoms with Crippen LogP contribution in [0.15, 0.2) is 96.4 Å². The van der Waals surface area contributed by atoms with Gasteiger partial charge in [0.05, 0.1) is 17.7 Å². The number of nitrogens with one attached hydrogen (secondary N) is 1. The van der Waals surface area contributed by atoms with Gasteiger partial charge in [-0.25, -0.2) is 9.78 Å². The number of hydrogen-bond donors (Lipinski definition) is 2. The molecule has 0 unspecified atom stereocenters. The summed E-state index contributed by atoms with van der Waals surface area (Å²) in [6.45, 7) is 2.05. The van der Waals surface area contributed by atoms with Gasteiger partial charge < -0.3 is 10.0 Å². The van der Waals surface area contributed by atoms with Crippen LogP contribution in [-0.2, 0) is 10.3 Å². The lowest BCUT2D eigenvalue weighted by Gasteiger charge is -2.44. The number of carboxylic acid groups (broad SMARTS) is 1. The summed E-state index contributed by atoms with van der Waals surface area (Å²) in [5.41, 5.74) is 2.71. The Morgan fingerprint density at radius 3 is 1.97 bits per heavy atom. The van der Waals surface area contributed by atoms with Crippen LogP contribution in [0.4, 0.5) is 9.93 Å². The number of rotatable bonds is 9. The van der Waals surface area contributed by atoms with Crippen LogP contribution in [0.3, 0.4) is 0 Å². The SMILES string of the molecule is CCC(c1ccccc1)(c1ccccc1)N(CCC(=O)O)C(=O)Nc1nc(-c2ccccc2)cs1. The molecule has 0 spiro atoms. The molecule has 2 amide bonds. The summed E-state index contributed by atoms with van der Waals surface area (Å²) in [5, 5.41) is 14.8. The number of nitrogens with zero attached hydrogens (tertiary/aromatic N) is 2. The fourth-order valence-corrected chi connectivity index (χ4v) is 5.12. The molecule has 0 bridgehead atoms. The van der Waals surface area contributed by atoms with Crippen LogP contribution in [0.2, 0.25) is 0 Å². The number of thiazole rings is 1. The highest BCUT2D eigenvalue weighted by atomic mass is 32.1. The Kier molecular flexibility index (Phi) is 7.57. The van der Waals surface area contributed by atoms with Crippen molar-refractivity contribution in [3.8, 4) is 11.3 Å². The molecule has 0 saturated carbocycles. The van der Waals surface area contributed by atoms with E-state index in [4.69, 9.17) is 0 Å². The van der Waals surface area contributed by atoms with Gasteiger partial charge in [0.15, 0.2) is 5.13 Å². The van der Waals surface area contributed by atoms with Gasteiger partial charge in [0.25, 0.3) is 0 Å². The molecular weight excluding hydrogens is 458 g/mol. The first kappa shape index (κ1) is 24.2. The van der Waals surface area contributed by atoms with E-state index in [1.165, 1.54) is 11.3 Å². The maximum Gasteiger partial charge on any atom is 0.324 e. The maximum atomic E-state index is 13.8. The number of anilines is 1. The molecule has 0 radical (unpaired) electrons. The second kappa shape index (κ2) is 11.0. The zero-order valence-corrected chi connectivity index (χ0v) is 20.2. The van der Waals surface area contributed by atoms with Crippen molar-refractivity contribution >= 4 is 28.5 Å². The molecule has 1 heterocycles. The van der Waals surface area contributed by atoms with Gasteiger partial charge in [-0.3, -0.25) is 10.1 Å². The van der Waals surface area contributed by atoms with Crippen molar-refractivity contribution in [2.75, 3.05) is 11.9 Å². The van der Waals surface area contributed by atoms with E-state index >= 15 is 0 Å². The maximum absolute atomic E-state index is 13.8. The molecule has 4 rings (SSSR count). The lowest BCUT2D eigenvalue weighted by molar-refractivity contribution is -0.137. The lowest BCUT2D eigenvalue weighted by Crippen LogP contribution is -2.52. The van der Waals surface area contributed by atoms with Crippen LogP contribution in [-0.4, -0.2) is 33.5 Å². The summed E-state index contributed by atoms with van der Waals surface area (Å²) in [6, 6.07) is 28.9. The quantitative estimate of drug-likeness (QED) is 0.285. The summed E-state index contributed by atoms with van der Waals surface area (Å²) in [4.78, 5) is 31.6. The van der Waals surface area contributed by atoms with Crippen LogP contribution < -0.4 is 5.32 Å². The van der Waals surface area contributed by atoms with Crippen LogP contribution in [0.5, 0.6) is 0 Å². The van der Waals surface area contributed by atoms with E-state index in [9.17, 15) is 14.7 Å². The Bertz CT molecular complexity index is 1220. The Morgan fingerprint density at radius 1 is 0.914 bits per heavy atom. The molecule has 2 N–H and O–H groups in total. The highest BCUT2D eigenvalue weighted by Gasteiger charge is 2.42. The molecule has 4 aromatic rings. The van der Waals surface area contributed by atoms with Crippen molar-refractivity contribution in [2.24, 2.45) is 0 Å². The van der Waals surface area contributed by atoms with E-state index in [0.29, 0.717) is 11.6 Å². The largest absolute Gasteiger partial charge is 0.481 e. The van der Waals surface area contributed by atoms with Crippen molar-refractivity contribution in [3.63, 3.8) is 0 Å². The number of aromatic nitrogens is 1. The van der Waals surface area contributed by atoms with E-state index in [2.05, 4.69) is 10.3 Å². The molecule has 0 saturated heterocycles. The van der Waals surface area contributed by atoms with Crippen molar-refractivity contribution in [3.05, 3.63) is 108 Å². The van der Waals surface area contributed by atoms with Crippen molar-refractivity contribution in [1.82, 2.24) is 9.88 Å². The number of amides is 2. The third-order valence-electron chi connectivity index (χ3n) is 6.06. The molecule has 178 valence electrons. The van der Waals surface area contributed by atoms with Gasteiger partial charge in [-0.2, -0.15) is 0 Å². The Balaban J connectivity index is 1.74. The van der Waals surface area contributed by atoms with Crippen LogP contribution in [0.1, 0.15) is 30.9 Å². The predicted molar refractivity (Wildman–Crippen MR) is 139 cm³/mol. The fourth-order valence-electron chi connectivity index (χ4n) is 4.41. The molecule has 0 atom stereocenters. The minimum atomic E-state index is -0.963. The first-order valence-corrected chi connectivity index (χ1v) is 12.3. The molecule has 1 aromatic heterocycles. The molecule has 0 aliphatic rings. The first-order valence-electron chi connectivity index (χ1n) is 11.5. The van der Waals surface area contributed by atoms with E-state index in [-0.39, 0.29) is 13.0 Å². The molecule has 0 aliphatic carbocycles. The fraction of sp³-hybridized carbons (Fsp3) is 0.179. The Morgan fingerprint density at radius 2 is 1.46 bits per heavy atom. The summed E-state index contributed by atoms with van der Waals surface area (Å²) in [5.74, 6) is -0.963. The van der Waals surface area contributed by atoms with E-state index < -0.39 is 17.5 Å². The number of carbonyl (C=O) groups is 2. The van der Waals surface area contributed by atoms with Crippen LogP contribution >= 0.6 is 11.3 Å². The number of urea groups is 1. The van der Waals surface area contributed by atoms with E-state index in [1.54, 1.807) is 4.90 Å². The van der Waals surface area contributed by atoms with Gasteiger partial charge in [-0.1, -0.05) is 97.9 Å². The molecule has 0 fully saturated rings. The highest BCUT2D eigenvalue weighted by molar-refractivity contribution is 7.14. The zero-order valence-electron chi connectivity index (χ0n) is 19.4. The van der Waals surface area contributed by atoms with Crippen LogP contribution in [0.25, 0.3) is 11.3 Å².